The monoisotopic (exact) mass is 306 g/mol. The largest absolute Gasteiger partial charge is 0.419 e. The fourth-order valence-corrected chi connectivity index (χ4v) is 1.69. The van der Waals surface area contributed by atoms with Crippen LogP contribution >= 0.6 is 0 Å². The third-order valence-corrected chi connectivity index (χ3v) is 2.77. The molecule has 0 saturated heterocycles. The number of nitrogens with one attached hydrogen (secondary N) is 2. The van der Waals surface area contributed by atoms with Gasteiger partial charge >= 0.3 is 6.18 Å². The molecule has 0 aromatic heterocycles. The molecule has 0 aliphatic heterocycles. The molecule has 0 fully saturated rings. The topological polar surface area (TPSA) is 41.1 Å². The fraction of sp³-hybridized carbons (Fsp3) is 0.500. The van der Waals surface area contributed by atoms with Crippen LogP contribution in [0.3, 0.4) is 0 Å². The van der Waals surface area contributed by atoms with Crippen molar-refractivity contribution in [3.05, 3.63) is 35.1 Å². The van der Waals surface area contributed by atoms with Gasteiger partial charge in [0.1, 0.15) is 5.82 Å². The summed E-state index contributed by atoms with van der Waals surface area (Å²) in [5.74, 6) is -1.40. The summed E-state index contributed by atoms with van der Waals surface area (Å²) in [6.07, 6.45) is -3.62. The molecule has 3 nitrogen and oxygen atoms in total. The van der Waals surface area contributed by atoms with Crippen molar-refractivity contribution in [3.63, 3.8) is 0 Å². The van der Waals surface area contributed by atoms with Gasteiger partial charge in [0.25, 0.3) is 0 Å². The summed E-state index contributed by atoms with van der Waals surface area (Å²) in [4.78, 5) is 11.3. The maximum Gasteiger partial charge on any atom is 0.419 e. The van der Waals surface area contributed by atoms with Gasteiger partial charge in [0.05, 0.1) is 5.56 Å². The molecule has 0 atom stereocenters. The second-order valence-electron chi connectivity index (χ2n) is 4.59. The highest BCUT2D eigenvalue weighted by molar-refractivity contribution is 5.75. The van der Waals surface area contributed by atoms with E-state index in [1.165, 1.54) is 6.07 Å². The Balaban J connectivity index is 2.44. The van der Waals surface area contributed by atoms with Gasteiger partial charge in [0.2, 0.25) is 5.91 Å². The number of alkyl halides is 3. The van der Waals surface area contributed by atoms with Gasteiger partial charge < -0.3 is 10.6 Å². The first kappa shape index (κ1) is 17.4. The van der Waals surface area contributed by atoms with Crippen molar-refractivity contribution in [2.75, 3.05) is 13.1 Å². The summed E-state index contributed by atoms with van der Waals surface area (Å²) in [5, 5.41) is 5.55. The average Bonchev–Trinajstić information content (AvgIpc) is 2.41. The molecule has 2 N–H and O–H groups in total. The Hall–Kier alpha value is -1.63. The SMILES string of the molecule is CCCNC(=O)CCNCc1ccc(F)c(C(F)(F)F)c1. The van der Waals surface area contributed by atoms with Crippen LogP contribution in [0, 0.1) is 5.82 Å². The van der Waals surface area contributed by atoms with Crippen molar-refractivity contribution in [2.45, 2.75) is 32.5 Å². The van der Waals surface area contributed by atoms with Crippen LogP contribution in [0.25, 0.3) is 0 Å². The molecule has 7 heteroatoms. The summed E-state index contributed by atoms with van der Waals surface area (Å²) in [6, 6.07) is 2.86. The first-order valence-corrected chi connectivity index (χ1v) is 6.67. The van der Waals surface area contributed by atoms with Crippen LogP contribution in [0.2, 0.25) is 0 Å². The van der Waals surface area contributed by atoms with Crippen LogP contribution in [-0.4, -0.2) is 19.0 Å². The van der Waals surface area contributed by atoms with E-state index in [2.05, 4.69) is 10.6 Å². The molecule has 0 heterocycles. The Morgan fingerprint density at radius 2 is 1.95 bits per heavy atom. The molecule has 1 aromatic rings. The van der Waals surface area contributed by atoms with Crippen LogP contribution in [-0.2, 0) is 17.5 Å². The van der Waals surface area contributed by atoms with E-state index in [1.54, 1.807) is 0 Å². The molecule has 21 heavy (non-hydrogen) atoms. The molecule has 118 valence electrons. The predicted molar refractivity (Wildman–Crippen MR) is 71.0 cm³/mol. The Kier molecular flexibility index (Phi) is 6.61. The minimum absolute atomic E-state index is 0.112. The highest BCUT2D eigenvalue weighted by Gasteiger charge is 2.34. The maximum atomic E-state index is 13.1. The van der Waals surface area contributed by atoms with E-state index in [0.29, 0.717) is 18.7 Å². The fourth-order valence-electron chi connectivity index (χ4n) is 1.69. The molecule has 0 radical (unpaired) electrons. The molecule has 0 saturated carbocycles. The number of benzene rings is 1. The molecule has 0 bridgehead atoms. The predicted octanol–water partition coefficient (Wildman–Crippen LogP) is 2.85. The smallest absolute Gasteiger partial charge is 0.356 e. The van der Waals surface area contributed by atoms with Gasteiger partial charge in [-0.25, -0.2) is 4.39 Å². The van der Waals surface area contributed by atoms with Gasteiger partial charge in [0.15, 0.2) is 0 Å². The van der Waals surface area contributed by atoms with Gasteiger partial charge in [-0.05, 0) is 24.1 Å². The van der Waals surface area contributed by atoms with Crippen molar-refractivity contribution in [1.29, 1.82) is 0 Å². The number of halogens is 4. The van der Waals surface area contributed by atoms with Crippen LogP contribution in [0.15, 0.2) is 18.2 Å². The van der Waals surface area contributed by atoms with Crippen LogP contribution in [0.4, 0.5) is 17.6 Å². The second kappa shape index (κ2) is 7.97. The highest BCUT2D eigenvalue weighted by atomic mass is 19.4. The van der Waals surface area contributed by atoms with Crippen LogP contribution < -0.4 is 10.6 Å². The minimum atomic E-state index is -4.71. The summed E-state index contributed by atoms with van der Waals surface area (Å²) in [7, 11) is 0. The van der Waals surface area contributed by atoms with Crippen molar-refractivity contribution >= 4 is 5.91 Å². The summed E-state index contributed by atoms with van der Waals surface area (Å²) in [6.45, 7) is 3.02. The Morgan fingerprint density at radius 3 is 2.57 bits per heavy atom. The quantitative estimate of drug-likeness (QED) is 0.601. The summed E-state index contributed by atoms with van der Waals surface area (Å²) in [5.41, 5.74) is -0.958. The van der Waals surface area contributed by atoms with E-state index in [1.807, 2.05) is 6.92 Å². The zero-order valence-corrected chi connectivity index (χ0v) is 11.7. The second-order valence-corrected chi connectivity index (χ2v) is 4.59. The van der Waals surface area contributed by atoms with E-state index < -0.39 is 17.6 Å². The van der Waals surface area contributed by atoms with Gasteiger partial charge in [-0.2, -0.15) is 13.2 Å². The average molecular weight is 306 g/mol. The molecular formula is C14H18F4N2O. The van der Waals surface area contributed by atoms with Gasteiger partial charge in [0, 0.05) is 26.1 Å². The number of carbonyl (C=O) groups is 1. The van der Waals surface area contributed by atoms with E-state index in [0.717, 1.165) is 18.6 Å². The van der Waals surface area contributed by atoms with Crippen molar-refractivity contribution in [2.24, 2.45) is 0 Å². The van der Waals surface area contributed by atoms with Crippen molar-refractivity contribution in [1.82, 2.24) is 10.6 Å². The van der Waals surface area contributed by atoms with Crippen molar-refractivity contribution in [3.8, 4) is 0 Å². The number of carbonyl (C=O) groups excluding carboxylic acids is 1. The molecule has 0 unspecified atom stereocenters. The lowest BCUT2D eigenvalue weighted by molar-refractivity contribution is -0.140. The number of amides is 1. The Bertz CT molecular complexity index is 475. The van der Waals surface area contributed by atoms with Gasteiger partial charge in [-0.15, -0.1) is 0 Å². The van der Waals surface area contributed by atoms with Crippen molar-refractivity contribution < 1.29 is 22.4 Å². The molecule has 0 spiro atoms. The van der Waals surface area contributed by atoms with Crippen LogP contribution in [0.5, 0.6) is 0 Å². The number of rotatable bonds is 7. The number of hydrogen-bond donors (Lipinski definition) is 2. The lowest BCUT2D eigenvalue weighted by Gasteiger charge is -2.11. The molecule has 1 rings (SSSR count). The Morgan fingerprint density at radius 1 is 1.24 bits per heavy atom. The first-order valence-electron chi connectivity index (χ1n) is 6.67. The van der Waals surface area contributed by atoms with Crippen LogP contribution in [0.1, 0.15) is 30.9 Å². The van der Waals surface area contributed by atoms with Gasteiger partial charge in [-0.1, -0.05) is 13.0 Å². The van der Waals surface area contributed by atoms with E-state index in [4.69, 9.17) is 0 Å². The lowest BCUT2D eigenvalue weighted by Crippen LogP contribution is -2.28. The molecular weight excluding hydrogens is 288 g/mol. The molecule has 0 aliphatic rings. The summed E-state index contributed by atoms with van der Waals surface area (Å²) < 4.78 is 50.7. The first-order chi connectivity index (χ1) is 9.84. The third-order valence-electron chi connectivity index (χ3n) is 2.77. The zero-order valence-electron chi connectivity index (χ0n) is 11.7. The Labute approximate surface area is 120 Å². The normalized spacial score (nSPS) is 11.5. The highest BCUT2D eigenvalue weighted by Crippen LogP contribution is 2.31. The van der Waals surface area contributed by atoms with E-state index in [9.17, 15) is 22.4 Å². The van der Waals surface area contributed by atoms with E-state index >= 15 is 0 Å². The lowest BCUT2D eigenvalue weighted by atomic mass is 10.1. The zero-order chi connectivity index (χ0) is 15.9. The molecule has 1 aromatic carbocycles. The van der Waals surface area contributed by atoms with E-state index in [-0.39, 0.29) is 18.9 Å². The standard InChI is InChI=1S/C14H18F4N2O/c1-2-6-20-13(21)5-7-19-9-10-3-4-12(15)11(8-10)14(16,17)18/h3-4,8,19H,2,5-7,9H2,1H3,(H,20,21). The van der Waals surface area contributed by atoms with Gasteiger partial charge in [-0.3, -0.25) is 4.79 Å². The maximum absolute atomic E-state index is 13.1. The molecule has 1 amide bonds. The minimum Gasteiger partial charge on any atom is -0.356 e. The number of hydrogen-bond acceptors (Lipinski definition) is 2. The third kappa shape index (κ3) is 6.12. The molecule has 0 aliphatic carbocycles. The summed E-state index contributed by atoms with van der Waals surface area (Å²) >= 11 is 0.